The van der Waals surface area contributed by atoms with Crippen LogP contribution in [0.4, 0.5) is 11.4 Å². The van der Waals surface area contributed by atoms with Crippen molar-refractivity contribution in [3.63, 3.8) is 0 Å². The van der Waals surface area contributed by atoms with Crippen molar-refractivity contribution in [3.8, 4) is 0 Å². The number of amides is 2. The average Bonchev–Trinajstić information content (AvgIpc) is 3.26. The first-order valence-electron chi connectivity index (χ1n) is 7.07. The molecule has 1 aromatic rings. The Morgan fingerprint density at radius 2 is 1.75 bits per heavy atom. The number of nitrogens with one attached hydrogen (secondary N) is 2. The maximum atomic E-state index is 11.6. The maximum absolute atomic E-state index is 11.6. The molecule has 20 heavy (non-hydrogen) atoms. The maximum Gasteiger partial charge on any atom is 0.248 e. The molecular formula is C16H20N2O2. The number of carbonyl (C=O) groups is 2. The van der Waals surface area contributed by atoms with Crippen LogP contribution in [-0.2, 0) is 9.59 Å². The molecule has 0 aromatic heterocycles. The Hall–Kier alpha value is -2.10. The minimum absolute atomic E-state index is 0.0873. The third kappa shape index (κ3) is 4.53. The molecule has 1 aliphatic carbocycles. The Morgan fingerprint density at radius 1 is 1.15 bits per heavy atom. The third-order valence-electron chi connectivity index (χ3n) is 3.09. The van der Waals surface area contributed by atoms with Gasteiger partial charge in [0, 0.05) is 17.3 Å². The normalized spacial score (nSPS) is 14.2. The van der Waals surface area contributed by atoms with E-state index in [0.717, 1.165) is 37.1 Å². The molecule has 2 amide bonds. The van der Waals surface area contributed by atoms with E-state index < -0.39 is 0 Å². The van der Waals surface area contributed by atoms with Gasteiger partial charge < -0.3 is 10.6 Å². The Kier molecular flexibility index (Phi) is 4.93. The van der Waals surface area contributed by atoms with Gasteiger partial charge in [-0.25, -0.2) is 0 Å². The molecule has 0 heterocycles. The van der Waals surface area contributed by atoms with E-state index in [1.807, 2.05) is 6.08 Å². The van der Waals surface area contributed by atoms with Crippen LogP contribution in [0.1, 0.15) is 32.6 Å². The van der Waals surface area contributed by atoms with E-state index in [2.05, 4.69) is 17.6 Å². The number of carbonyl (C=O) groups excluding carboxylic acids is 2. The van der Waals surface area contributed by atoms with Gasteiger partial charge in [0.2, 0.25) is 11.8 Å². The lowest BCUT2D eigenvalue weighted by Crippen LogP contribution is -2.13. The van der Waals surface area contributed by atoms with E-state index in [1.54, 1.807) is 30.3 Å². The van der Waals surface area contributed by atoms with Gasteiger partial charge in [-0.3, -0.25) is 9.59 Å². The Balaban J connectivity index is 1.84. The van der Waals surface area contributed by atoms with Crippen molar-refractivity contribution < 1.29 is 9.59 Å². The van der Waals surface area contributed by atoms with E-state index in [1.165, 1.54) is 0 Å². The summed E-state index contributed by atoms with van der Waals surface area (Å²) >= 11 is 0. The van der Waals surface area contributed by atoms with Crippen molar-refractivity contribution in [2.45, 2.75) is 32.6 Å². The number of hydrogen-bond donors (Lipinski definition) is 2. The molecule has 1 aromatic carbocycles. The molecular weight excluding hydrogens is 252 g/mol. The van der Waals surface area contributed by atoms with Gasteiger partial charge in [-0.1, -0.05) is 19.4 Å². The molecule has 2 rings (SSSR count). The quantitative estimate of drug-likeness (QED) is 0.780. The van der Waals surface area contributed by atoms with Gasteiger partial charge in [0.25, 0.3) is 0 Å². The molecule has 1 saturated carbocycles. The highest BCUT2D eigenvalue weighted by Crippen LogP contribution is 2.30. The molecule has 0 spiro atoms. The van der Waals surface area contributed by atoms with Crippen molar-refractivity contribution in [1.82, 2.24) is 0 Å². The largest absolute Gasteiger partial charge is 0.326 e. The summed E-state index contributed by atoms with van der Waals surface area (Å²) in [5, 5.41) is 5.64. The van der Waals surface area contributed by atoms with Crippen LogP contribution in [0.25, 0.3) is 0 Å². The number of unbranched alkanes of at least 4 members (excludes halogenated alkanes) is 1. The van der Waals surface area contributed by atoms with E-state index >= 15 is 0 Å². The van der Waals surface area contributed by atoms with Crippen LogP contribution in [0.15, 0.2) is 36.4 Å². The lowest BCUT2D eigenvalue weighted by atomic mass is 10.2. The number of anilines is 2. The summed E-state index contributed by atoms with van der Waals surface area (Å²) in [6.07, 6.45) is 7.32. The van der Waals surface area contributed by atoms with Gasteiger partial charge >= 0.3 is 0 Å². The molecule has 0 aliphatic heterocycles. The van der Waals surface area contributed by atoms with Crippen molar-refractivity contribution in [3.05, 3.63) is 36.4 Å². The third-order valence-corrected chi connectivity index (χ3v) is 3.09. The molecule has 2 N–H and O–H groups in total. The lowest BCUT2D eigenvalue weighted by molar-refractivity contribution is -0.117. The summed E-state index contributed by atoms with van der Waals surface area (Å²) in [5.74, 6) is 0.149. The topological polar surface area (TPSA) is 58.2 Å². The first-order chi connectivity index (χ1) is 9.69. The van der Waals surface area contributed by atoms with Crippen molar-refractivity contribution >= 4 is 23.2 Å². The first-order valence-corrected chi connectivity index (χ1v) is 7.07. The summed E-state index contributed by atoms with van der Waals surface area (Å²) in [4.78, 5) is 23.2. The van der Waals surface area contributed by atoms with Gasteiger partial charge in [-0.05, 0) is 49.6 Å². The summed E-state index contributed by atoms with van der Waals surface area (Å²) in [5.41, 5.74) is 1.49. The van der Waals surface area contributed by atoms with E-state index in [9.17, 15) is 9.59 Å². The summed E-state index contributed by atoms with van der Waals surface area (Å²) in [7, 11) is 0. The molecule has 106 valence electrons. The zero-order valence-electron chi connectivity index (χ0n) is 11.7. The van der Waals surface area contributed by atoms with Crippen molar-refractivity contribution in [2.24, 2.45) is 5.92 Å². The van der Waals surface area contributed by atoms with Gasteiger partial charge in [0.15, 0.2) is 0 Å². The minimum atomic E-state index is -0.131. The zero-order valence-corrected chi connectivity index (χ0v) is 11.7. The van der Waals surface area contributed by atoms with Crippen LogP contribution in [-0.4, -0.2) is 11.8 Å². The molecule has 0 atom stereocenters. The molecule has 0 saturated heterocycles. The monoisotopic (exact) mass is 272 g/mol. The molecule has 0 radical (unpaired) electrons. The highest BCUT2D eigenvalue weighted by Gasteiger charge is 2.29. The van der Waals surface area contributed by atoms with Gasteiger partial charge in [-0.15, -0.1) is 0 Å². The highest BCUT2D eigenvalue weighted by atomic mass is 16.2. The van der Waals surface area contributed by atoms with E-state index in [4.69, 9.17) is 0 Å². The van der Waals surface area contributed by atoms with Gasteiger partial charge in [0.05, 0.1) is 0 Å². The minimum Gasteiger partial charge on any atom is -0.326 e. The second kappa shape index (κ2) is 6.89. The first kappa shape index (κ1) is 14.3. The molecule has 4 nitrogen and oxygen atoms in total. The number of allylic oxidation sites excluding steroid dienone is 1. The predicted molar refractivity (Wildman–Crippen MR) is 80.5 cm³/mol. The zero-order chi connectivity index (χ0) is 14.4. The second-order valence-electron chi connectivity index (χ2n) is 5.02. The lowest BCUT2D eigenvalue weighted by Gasteiger charge is -2.06. The summed E-state index contributed by atoms with van der Waals surface area (Å²) < 4.78 is 0. The second-order valence-corrected chi connectivity index (χ2v) is 5.02. The van der Waals surface area contributed by atoms with Crippen LogP contribution in [0.2, 0.25) is 0 Å². The van der Waals surface area contributed by atoms with Crippen LogP contribution >= 0.6 is 0 Å². The fourth-order valence-corrected chi connectivity index (χ4v) is 1.77. The Labute approximate surface area is 119 Å². The fourth-order valence-electron chi connectivity index (χ4n) is 1.77. The number of benzene rings is 1. The number of hydrogen-bond acceptors (Lipinski definition) is 2. The predicted octanol–water partition coefficient (Wildman–Crippen LogP) is 3.33. The average molecular weight is 272 g/mol. The molecule has 4 heteroatoms. The Morgan fingerprint density at radius 3 is 2.30 bits per heavy atom. The van der Waals surface area contributed by atoms with Crippen molar-refractivity contribution in [1.29, 1.82) is 0 Å². The van der Waals surface area contributed by atoms with Crippen LogP contribution in [0.3, 0.4) is 0 Å². The summed E-state index contributed by atoms with van der Waals surface area (Å²) in [6, 6.07) is 7.17. The SMILES string of the molecule is CCC/C=C/C(=O)Nc1ccc(NC(=O)C2CC2)cc1. The smallest absolute Gasteiger partial charge is 0.248 e. The fraction of sp³-hybridized carbons (Fsp3) is 0.375. The van der Waals surface area contributed by atoms with Crippen molar-refractivity contribution in [2.75, 3.05) is 10.6 Å². The Bertz CT molecular complexity index is 502. The van der Waals surface area contributed by atoms with Gasteiger partial charge in [-0.2, -0.15) is 0 Å². The standard InChI is InChI=1S/C16H20N2O2/c1-2-3-4-5-15(19)17-13-8-10-14(11-9-13)18-16(20)12-6-7-12/h4-5,8-12H,2-3,6-7H2,1H3,(H,17,19)(H,18,20)/b5-4+. The highest BCUT2D eigenvalue weighted by molar-refractivity contribution is 5.99. The molecule has 0 unspecified atom stereocenters. The summed E-state index contributed by atoms with van der Waals surface area (Å²) in [6.45, 7) is 2.07. The number of rotatable bonds is 6. The van der Waals surface area contributed by atoms with Crippen LogP contribution in [0, 0.1) is 5.92 Å². The molecule has 1 aliphatic rings. The van der Waals surface area contributed by atoms with E-state index in [0.29, 0.717) is 0 Å². The molecule has 0 bridgehead atoms. The van der Waals surface area contributed by atoms with Gasteiger partial charge in [0.1, 0.15) is 0 Å². The molecule has 1 fully saturated rings. The van der Waals surface area contributed by atoms with Crippen LogP contribution < -0.4 is 10.6 Å². The van der Waals surface area contributed by atoms with E-state index in [-0.39, 0.29) is 17.7 Å². The van der Waals surface area contributed by atoms with Crippen LogP contribution in [0.5, 0.6) is 0 Å².